The van der Waals surface area contributed by atoms with Gasteiger partial charge in [-0.3, -0.25) is 0 Å². The summed E-state index contributed by atoms with van der Waals surface area (Å²) in [6.45, 7) is 6.86. The van der Waals surface area contributed by atoms with E-state index in [-0.39, 0.29) is 11.9 Å². The van der Waals surface area contributed by atoms with E-state index in [1.807, 2.05) is 26.0 Å². The van der Waals surface area contributed by atoms with Crippen molar-refractivity contribution in [3.05, 3.63) is 57.2 Å². The number of furan rings is 1. The normalized spacial score (nSPS) is 12.7. The first-order chi connectivity index (χ1) is 9.52. The Morgan fingerprint density at radius 2 is 1.90 bits per heavy atom. The molecule has 1 aromatic heterocycles. The fraction of sp³-hybridized carbons (Fsp3) is 0.375. The Labute approximate surface area is 127 Å². The van der Waals surface area contributed by atoms with E-state index < -0.39 is 0 Å². The smallest absolute Gasteiger partial charge is 0.169 e. The monoisotopic (exact) mass is 339 g/mol. The molecule has 108 valence electrons. The van der Waals surface area contributed by atoms with Gasteiger partial charge >= 0.3 is 0 Å². The van der Waals surface area contributed by atoms with Gasteiger partial charge in [-0.05, 0) is 83.7 Å². The van der Waals surface area contributed by atoms with Crippen LogP contribution < -0.4 is 5.32 Å². The summed E-state index contributed by atoms with van der Waals surface area (Å²) in [5.41, 5.74) is 2.95. The number of hydrogen-bond acceptors (Lipinski definition) is 2. The van der Waals surface area contributed by atoms with Crippen LogP contribution in [-0.4, -0.2) is 6.54 Å². The highest BCUT2D eigenvalue weighted by atomic mass is 79.9. The lowest BCUT2D eigenvalue weighted by atomic mass is 9.94. The molecule has 0 amide bonds. The average Bonchev–Trinajstić information content (AvgIpc) is 2.78. The van der Waals surface area contributed by atoms with Crippen molar-refractivity contribution in [1.29, 1.82) is 0 Å². The number of aryl methyl sites for hydroxylation is 2. The zero-order valence-electron chi connectivity index (χ0n) is 12.0. The average molecular weight is 340 g/mol. The summed E-state index contributed by atoms with van der Waals surface area (Å²) >= 11 is 3.34. The lowest BCUT2D eigenvalue weighted by Gasteiger charge is -2.21. The second-order valence-electron chi connectivity index (χ2n) is 4.98. The molecule has 2 rings (SSSR count). The molecule has 2 nitrogen and oxygen atoms in total. The lowest BCUT2D eigenvalue weighted by molar-refractivity contribution is 0.431. The first-order valence-electron chi connectivity index (χ1n) is 6.78. The molecule has 0 bridgehead atoms. The highest BCUT2D eigenvalue weighted by Gasteiger charge is 2.21. The first kappa shape index (κ1) is 15.3. The molecule has 20 heavy (non-hydrogen) atoms. The van der Waals surface area contributed by atoms with Crippen LogP contribution in [-0.2, 0) is 0 Å². The topological polar surface area (TPSA) is 25.2 Å². The molecule has 1 unspecified atom stereocenters. The van der Waals surface area contributed by atoms with Gasteiger partial charge in [-0.25, -0.2) is 4.39 Å². The molecule has 1 heterocycles. The zero-order chi connectivity index (χ0) is 14.7. The van der Waals surface area contributed by atoms with E-state index in [9.17, 15) is 4.39 Å². The standard InChI is InChI=1S/C16H19BrFNO/c1-4-7-19-16(13-5-6-14(17)20-13)15-10(2)8-12(18)9-11(15)3/h5-6,8-9,16,19H,4,7H2,1-3H3. The number of nitrogens with one attached hydrogen (secondary N) is 1. The van der Waals surface area contributed by atoms with E-state index in [1.165, 1.54) is 0 Å². The second-order valence-corrected chi connectivity index (χ2v) is 5.76. The number of halogens is 2. The molecule has 0 spiro atoms. The van der Waals surface area contributed by atoms with Gasteiger partial charge < -0.3 is 9.73 Å². The molecule has 0 saturated heterocycles. The van der Waals surface area contributed by atoms with Gasteiger partial charge in [0.25, 0.3) is 0 Å². The molecule has 0 aliphatic rings. The predicted molar refractivity (Wildman–Crippen MR) is 82.4 cm³/mol. The number of rotatable bonds is 5. The summed E-state index contributed by atoms with van der Waals surface area (Å²) in [6.07, 6.45) is 1.03. The van der Waals surface area contributed by atoms with Crippen molar-refractivity contribution in [2.45, 2.75) is 33.2 Å². The van der Waals surface area contributed by atoms with Crippen molar-refractivity contribution in [1.82, 2.24) is 5.32 Å². The van der Waals surface area contributed by atoms with Gasteiger partial charge in [0.05, 0.1) is 6.04 Å². The molecule has 0 aliphatic carbocycles. The minimum atomic E-state index is -0.196. The SMILES string of the molecule is CCCNC(c1ccc(Br)o1)c1c(C)cc(F)cc1C. The van der Waals surface area contributed by atoms with E-state index in [0.717, 1.165) is 35.4 Å². The molecule has 1 N–H and O–H groups in total. The predicted octanol–water partition coefficient (Wildman–Crippen LogP) is 4.89. The van der Waals surface area contributed by atoms with Crippen LogP contribution in [0.2, 0.25) is 0 Å². The molecule has 0 fully saturated rings. The molecule has 2 aromatic rings. The third-order valence-corrected chi connectivity index (χ3v) is 3.75. The Bertz CT molecular complexity index is 571. The van der Waals surface area contributed by atoms with Gasteiger partial charge in [-0.1, -0.05) is 6.92 Å². The minimum absolute atomic E-state index is 0.0538. The maximum atomic E-state index is 13.5. The Balaban J connectivity index is 2.46. The summed E-state index contributed by atoms with van der Waals surface area (Å²) < 4.78 is 19.9. The van der Waals surface area contributed by atoms with Crippen molar-refractivity contribution in [3.63, 3.8) is 0 Å². The van der Waals surface area contributed by atoms with E-state index in [4.69, 9.17) is 4.42 Å². The molecule has 0 saturated carbocycles. The van der Waals surface area contributed by atoms with Gasteiger partial charge in [-0.2, -0.15) is 0 Å². The summed E-state index contributed by atoms with van der Waals surface area (Å²) in [5.74, 6) is 0.641. The Hall–Kier alpha value is -1.13. The van der Waals surface area contributed by atoms with Gasteiger partial charge in [0.2, 0.25) is 0 Å². The van der Waals surface area contributed by atoms with E-state index in [0.29, 0.717) is 4.67 Å². The molecular formula is C16H19BrFNO. The highest BCUT2D eigenvalue weighted by Crippen LogP contribution is 2.31. The zero-order valence-corrected chi connectivity index (χ0v) is 13.6. The van der Waals surface area contributed by atoms with Crippen LogP contribution in [0.5, 0.6) is 0 Å². The van der Waals surface area contributed by atoms with Crippen LogP contribution in [0.3, 0.4) is 0 Å². The van der Waals surface area contributed by atoms with Crippen LogP contribution in [0, 0.1) is 19.7 Å². The summed E-state index contributed by atoms with van der Waals surface area (Å²) in [7, 11) is 0. The first-order valence-corrected chi connectivity index (χ1v) is 7.57. The Morgan fingerprint density at radius 3 is 2.40 bits per heavy atom. The Kier molecular flexibility index (Phi) is 5.00. The number of hydrogen-bond donors (Lipinski definition) is 1. The molecule has 4 heteroatoms. The van der Waals surface area contributed by atoms with Crippen LogP contribution in [0.15, 0.2) is 33.4 Å². The van der Waals surface area contributed by atoms with Gasteiger partial charge in [0, 0.05) is 0 Å². The van der Waals surface area contributed by atoms with Gasteiger partial charge in [0.15, 0.2) is 4.67 Å². The fourth-order valence-corrected chi connectivity index (χ4v) is 2.81. The van der Waals surface area contributed by atoms with Crippen molar-refractivity contribution in [2.24, 2.45) is 0 Å². The van der Waals surface area contributed by atoms with Crippen molar-refractivity contribution in [3.8, 4) is 0 Å². The molecular weight excluding hydrogens is 321 g/mol. The maximum absolute atomic E-state index is 13.5. The van der Waals surface area contributed by atoms with Crippen LogP contribution in [0.25, 0.3) is 0 Å². The van der Waals surface area contributed by atoms with E-state index in [1.54, 1.807) is 12.1 Å². The van der Waals surface area contributed by atoms with Crippen LogP contribution >= 0.6 is 15.9 Å². The number of benzene rings is 1. The third kappa shape index (κ3) is 3.30. The quantitative estimate of drug-likeness (QED) is 0.839. The molecule has 1 atom stereocenters. The van der Waals surface area contributed by atoms with Crippen molar-refractivity contribution >= 4 is 15.9 Å². The van der Waals surface area contributed by atoms with Crippen molar-refractivity contribution in [2.75, 3.05) is 6.54 Å². The maximum Gasteiger partial charge on any atom is 0.169 e. The fourth-order valence-electron chi connectivity index (χ4n) is 2.49. The molecule has 0 aliphatic heterocycles. The molecule has 0 radical (unpaired) electrons. The van der Waals surface area contributed by atoms with E-state index in [2.05, 4.69) is 28.2 Å². The largest absolute Gasteiger partial charge is 0.452 e. The van der Waals surface area contributed by atoms with Crippen LogP contribution in [0.1, 0.15) is 41.8 Å². The minimum Gasteiger partial charge on any atom is -0.452 e. The lowest BCUT2D eigenvalue weighted by Crippen LogP contribution is -2.24. The third-order valence-electron chi connectivity index (χ3n) is 3.32. The summed E-state index contributed by atoms with van der Waals surface area (Å²) in [6, 6.07) is 6.91. The second kappa shape index (κ2) is 6.55. The molecule has 1 aromatic carbocycles. The summed E-state index contributed by atoms with van der Waals surface area (Å²) in [4.78, 5) is 0. The van der Waals surface area contributed by atoms with Crippen molar-refractivity contribution < 1.29 is 8.81 Å². The summed E-state index contributed by atoms with van der Waals surface area (Å²) in [5, 5.41) is 3.48. The van der Waals surface area contributed by atoms with Crippen LogP contribution in [0.4, 0.5) is 4.39 Å². The Morgan fingerprint density at radius 1 is 1.25 bits per heavy atom. The van der Waals surface area contributed by atoms with E-state index >= 15 is 0 Å². The van der Waals surface area contributed by atoms with Gasteiger partial charge in [-0.15, -0.1) is 0 Å². The van der Waals surface area contributed by atoms with Gasteiger partial charge in [0.1, 0.15) is 11.6 Å². The highest BCUT2D eigenvalue weighted by molar-refractivity contribution is 9.10.